The Kier molecular flexibility index (Phi) is 7.17. The van der Waals surface area contributed by atoms with Crippen molar-refractivity contribution in [3.8, 4) is 0 Å². The molecule has 0 heterocycles. The van der Waals surface area contributed by atoms with E-state index in [1.54, 1.807) is 12.1 Å². The molecule has 0 saturated heterocycles. The normalized spacial score (nSPS) is 12.0. The Labute approximate surface area is 157 Å². The number of non-ortho nitro benzene ring substituents is 1. The minimum Gasteiger partial charge on any atom is -0.351 e. The van der Waals surface area contributed by atoms with Crippen LogP contribution in [0.4, 0.5) is 5.69 Å². The molecule has 0 aliphatic heterocycles. The van der Waals surface area contributed by atoms with Crippen LogP contribution in [0.2, 0.25) is 0 Å². The van der Waals surface area contributed by atoms with E-state index >= 15 is 0 Å². The number of nitro groups is 1. The van der Waals surface area contributed by atoms with Gasteiger partial charge in [0.05, 0.1) is 24.3 Å². The quantitative estimate of drug-likeness (QED) is 0.421. The van der Waals surface area contributed by atoms with Crippen LogP contribution in [-0.4, -0.2) is 30.2 Å². The fourth-order valence-electron chi connectivity index (χ4n) is 2.42. The molecule has 26 heavy (non-hydrogen) atoms. The van der Waals surface area contributed by atoms with Crippen LogP contribution in [0.3, 0.4) is 0 Å². The highest BCUT2D eigenvalue weighted by atomic mass is 32.2. The van der Waals surface area contributed by atoms with Crippen LogP contribution >= 0.6 is 11.8 Å². The number of quaternary nitrogens is 1. The van der Waals surface area contributed by atoms with E-state index in [0.717, 1.165) is 17.0 Å². The lowest BCUT2D eigenvalue weighted by Crippen LogP contribution is -3.04. The van der Waals surface area contributed by atoms with Gasteiger partial charge in [-0.3, -0.25) is 14.9 Å². The van der Waals surface area contributed by atoms with E-state index in [1.165, 1.54) is 34.4 Å². The molecule has 1 amide bonds. The minimum atomic E-state index is -0.435. The molecule has 0 aliphatic rings. The van der Waals surface area contributed by atoms with Crippen LogP contribution < -0.4 is 10.2 Å². The third-order valence-corrected chi connectivity index (χ3v) is 4.89. The smallest absolute Gasteiger partial charge is 0.269 e. The van der Waals surface area contributed by atoms with E-state index in [0.29, 0.717) is 6.54 Å². The van der Waals surface area contributed by atoms with Crippen molar-refractivity contribution in [3.05, 3.63) is 69.8 Å². The SMILES string of the molecule is C[C@H](Sc1ccc([N+](=O)[O-])cc1)C(=O)NCc1ccc(C[NH+](C)C)cc1. The van der Waals surface area contributed by atoms with Crippen LogP contribution in [0, 0.1) is 10.1 Å². The molecule has 0 spiro atoms. The fraction of sp³-hybridized carbons (Fsp3) is 0.316. The fourth-order valence-corrected chi connectivity index (χ4v) is 3.31. The van der Waals surface area contributed by atoms with Gasteiger partial charge in [0.15, 0.2) is 0 Å². The third-order valence-electron chi connectivity index (χ3n) is 3.78. The van der Waals surface area contributed by atoms with Crippen LogP contribution in [0.1, 0.15) is 18.1 Å². The zero-order valence-electron chi connectivity index (χ0n) is 15.2. The van der Waals surface area contributed by atoms with Crippen LogP contribution in [-0.2, 0) is 17.9 Å². The minimum absolute atomic E-state index is 0.0470. The van der Waals surface area contributed by atoms with Gasteiger partial charge in [-0.25, -0.2) is 0 Å². The van der Waals surface area contributed by atoms with Crippen molar-refractivity contribution in [1.82, 2.24) is 5.32 Å². The van der Waals surface area contributed by atoms with Crippen molar-refractivity contribution in [1.29, 1.82) is 0 Å². The highest BCUT2D eigenvalue weighted by Crippen LogP contribution is 2.25. The second-order valence-electron chi connectivity index (χ2n) is 6.43. The number of nitro benzene ring substituents is 1. The molecule has 0 aliphatic carbocycles. The molecule has 6 nitrogen and oxygen atoms in total. The first-order chi connectivity index (χ1) is 12.3. The highest BCUT2D eigenvalue weighted by molar-refractivity contribution is 8.00. The van der Waals surface area contributed by atoms with E-state index in [9.17, 15) is 14.9 Å². The van der Waals surface area contributed by atoms with Gasteiger partial charge in [0.25, 0.3) is 5.69 Å². The molecule has 0 aromatic heterocycles. The van der Waals surface area contributed by atoms with Gasteiger partial charge in [-0.2, -0.15) is 0 Å². The first-order valence-electron chi connectivity index (χ1n) is 8.41. The predicted molar refractivity (Wildman–Crippen MR) is 103 cm³/mol. The van der Waals surface area contributed by atoms with Gasteiger partial charge < -0.3 is 10.2 Å². The standard InChI is InChI=1S/C19H23N3O3S/c1-14(26-18-10-8-17(9-11-18)22(24)25)19(23)20-12-15-4-6-16(7-5-15)13-21(2)3/h4-11,14H,12-13H2,1-3H3,(H,20,23)/p+1/t14-/m0/s1. The van der Waals surface area contributed by atoms with Crippen molar-refractivity contribution >= 4 is 23.4 Å². The number of thioether (sulfide) groups is 1. The molecule has 7 heteroatoms. The molecule has 0 fully saturated rings. The summed E-state index contributed by atoms with van der Waals surface area (Å²) < 4.78 is 0. The van der Waals surface area contributed by atoms with Crippen LogP contribution in [0.15, 0.2) is 53.4 Å². The summed E-state index contributed by atoms with van der Waals surface area (Å²) in [5, 5.41) is 13.3. The number of amides is 1. The molecular formula is C19H24N3O3S+. The number of hydrogen-bond acceptors (Lipinski definition) is 4. The first kappa shape index (κ1) is 19.9. The van der Waals surface area contributed by atoms with E-state index < -0.39 is 4.92 Å². The van der Waals surface area contributed by atoms with Crippen LogP contribution in [0.25, 0.3) is 0 Å². The van der Waals surface area contributed by atoms with Crippen molar-refractivity contribution in [3.63, 3.8) is 0 Å². The maximum Gasteiger partial charge on any atom is 0.269 e. The Morgan fingerprint density at radius 1 is 1.12 bits per heavy atom. The molecule has 0 saturated carbocycles. The number of hydrogen-bond donors (Lipinski definition) is 2. The summed E-state index contributed by atoms with van der Waals surface area (Å²) in [6.07, 6.45) is 0. The van der Waals surface area contributed by atoms with Crippen molar-refractivity contribution in [2.24, 2.45) is 0 Å². The number of rotatable bonds is 8. The van der Waals surface area contributed by atoms with Crippen molar-refractivity contribution in [2.75, 3.05) is 14.1 Å². The maximum absolute atomic E-state index is 12.3. The van der Waals surface area contributed by atoms with Crippen molar-refractivity contribution in [2.45, 2.75) is 30.2 Å². The number of benzene rings is 2. The third kappa shape index (κ3) is 6.16. The van der Waals surface area contributed by atoms with Gasteiger partial charge in [0.2, 0.25) is 5.91 Å². The molecule has 2 aromatic rings. The number of carbonyl (C=O) groups is 1. The topological polar surface area (TPSA) is 76.7 Å². The molecule has 0 radical (unpaired) electrons. The predicted octanol–water partition coefficient (Wildman–Crippen LogP) is 2.04. The average molecular weight is 374 g/mol. The Hall–Kier alpha value is -2.38. The summed E-state index contributed by atoms with van der Waals surface area (Å²) in [6, 6.07) is 14.5. The lowest BCUT2D eigenvalue weighted by atomic mass is 10.1. The van der Waals surface area contributed by atoms with Gasteiger partial charge in [0.1, 0.15) is 6.54 Å². The molecule has 2 rings (SSSR count). The first-order valence-corrected chi connectivity index (χ1v) is 9.29. The average Bonchev–Trinajstić information content (AvgIpc) is 2.60. The summed E-state index contributed by atoms with van der Waals surface area (Å²) in [7, 11) is 4.22. The molecular weight excluding hydrogens is 350 g/mol. The lowest BCUT2D eigenvalue weighted by Gasteiger charge is -2.12. The molecule has 0 bridgehead atoms. The number of nitrogens with one attached hydrogen (secondary N) is 2. The molecule has 1 atom stereocenters. The summed E-state index contributed by atoms with van der Waals surface area (Å²) in [6.45, 7) is 3.28. The van der Waals surface area contributed by atoms with Gasteiger partial charge >= 0.3 is 0 Å². The number of nitrogens with zero attached hydrogens (tertiary/aromatic N) is 1. The number of carbonyl (C=O) groups excluding carboxylic acids is 1. The summed E-state index contributed by atoms with van der Waals surface area (Å²) in [5.41, 5.74) is 2.37. The Morgan fingerprint density at radius 2 is 1.69 bits per heavy atom. The Balaban J connectivity index is 1.83. The summed E-state index contributed by atoms with van der Waals surface area (Å²) >= 11 is 1.38. The molecule has 0 unspecified atom stereocenters. The molecule has 138 valence electrons. The zero-order valence-corrected chi connectivity index (χ0v) is 16.0. The monoisotopic (exact) mass is 374 g/mol. The lowest BCUT2D eigenvalue weighted by molar-refractivity contribution is -0.872. The van der Waals surface area contributed by atoms with Gasteiger partial charge in [-0.1, -0.05) is 24.3 Å². The van der Waals surface area contributed by atoms with E-state index in [4.69, 9.17) is 0 Å². The molecule has 2 aromatic carbocycles. The molecule has 2 N–H and O–H groups in total. The summed E-state index contributed by atoms with van der Waals surface area (Å²) in [5.74, 6) is -0.0600. The van der Waals surface area contributed by atoms with Gasteiger partial charge in [-0.05, 0) is 24.6 Å². The zero-order chi connectivity index (χ0) is 19.1. The van der Waals surface area contributed by atoms with Gasteiger partial charge in [-0.15, -0.1) is 11.8 Å². The highest BCUT2D eigenvalue weighted by Gasteiger charge is 2.15. The Morgan fingerprint density at radius 3 is 2.23 bits per heavy atom. The second-order valence-corrected chi connectivity index (χ2v) is 7.84. The van der Waals surface area contributed by atoms with Crippen molar-refractivity contribution < 1.29 is 14.6 Å². The van der Waals surface area contributed by atoms with Gasteiger partial charge in [0, 0.05) is 29.1 Å². The maximum atomic E-state index is 12.3. The van der Waals surface area contributed by atoms with E-state index in [1.807, 2.05) is 19.1 Å². The second kappa shape index (κ2) is 9.35. The summed E-state index contributed by atoms with van der Waals surface area (Å²) in [4.78, 5) is 24.7. The Bertz CT molecular complexity index is 746. The van der Waals surface area contributed by atoms with E-state index in [-0.39, 0.29) is 16.8 Å². The largest absolute Gasteiger partial charge is 0.351 e. The van der Waals surface area contributed by atoms with Crippen LogP contribution in [0.5, 0.6) is 0 Å². The van der Waals surface area contributed by atoms with E-state index in [2.05, 4.69) is 31.5 Å².